The first-order chi connectivity index (χ1) is 4.74. The fourth-order valence-corrected chi connectivity index (χ4v) is 0.759. The largest absolute Gasteiger partial charge is 0.372 e. The molecule has 0 aliphatic heterocycles. The van der Waals surface area contributed by atoms with Crippen molar-refractivity contribution in [3.63, 3.8) is 0 Å². The molecule has 0 atom stereocenters. The summed E-state index contributed by atoms with van der Waals surface area (Å²) in [5.41, 5.74) is 0. The molecule has 0 saturated heterocycles. The van der Waals surface area contributed by atoms with E-state index in [1.54, 1.807) is 0 Å². The Morgan fingerprint density at radius 2 is 2.30 bits per heavy atom. The molecular weight excluding hydrogens is 126 g/mol. The normalized spacial score (nSPS) is 10.4. The van der Waals surface area contributed by atoms with Gasteiger partial charge < -0.3 is 5.32 Å². The van der Waals surface area contributed by atoms with Gasteiger partial charge in [0.25, 0.3) is 0 Å². The van der Waals surface area contributed by atoms with Crippen LogP contribution in [0.5, 0.6) is 0 Å². The van der Waals surface area contributed by atoms with E-state index in [-0.39, 0.29) is 0 Å². The lowest BCUT2D eigenvalue weighted by Crippen LogP contribution is -2.01. The number of anilines is 1. The highest BCUT2D eigenvalue weighted by atomic mass is 15.3. The van der Waals surface area contributed by atoms with E-state index >= 15 is 0 Å². The molecule has 10 heavy (non-hydrogen) atoms. The highest BCUT2D eigenvalue weighted by molar-refractivity contribution is 5.30. The molecule has 0 aliphatic rings. The van der Waals surface area contributed by atoms with Crippen LogP contribution in [0.2, 0.25) is 0 Å². The zero-order chi connectivity index (χ0) is 7.56. The zero-order valence-electron chi connectivity index (χ0n) is 6.63. The van der Waals surface area contributed by atoms with E-state index < -0.39 is 0 Å². The van der Waals surface area contributed by atoms with Gasteiger partial charge in [0.15, 0.2) is 0 Å². The van der Waals surface area contributed by atoms with Crippen LogP contribution in [0.25, 0.3) is 0 Å². The standard InChI is InChI=1S/C7H13N3/c1-6(2)10-5-4-7(8-3)9-10/h4-6H,1-3H3,(H,8,9). The molecule has 1 aromatic heterocycles. The highest BCUT2D eigenvalue weighted by Gasteiger charge is 1.97. The third kappa shape index (κ3) is 1.29. The summed E-state index contributed by atoms with van der Waals surface area (Å²) >= 11 is 0. The fourth-order valence-electron chi connectivity index (χ4n) is 0.759. The average molecular weight is 139 g/mol. The van der Waals surface area contributed by atoms with Crippen LogP contribution in [-0.2, 0) is 0 Å². The van der Waals surface area contributed by atoms with E-state index in [4.69, 9.17) is 0 Å². The van der Waals surface area contributed by atoms with Gasteiger partial charge in [0.05, 0.1) is 0 Å². The van der Waals surface area contributed by atoms with Crippen LogP contribution < -0.4 is 5.32 Å². The van der Waals surface area contributed by atoms with Crippen molar-refractivity contribution in [2.24, 2.45) is 0 Å². The van der Waals surface area contributed by atoms with E-state index in [9.17, 15) is 0 Å². The minimum Gasteiger partial charge on any atom is -0.372 e. The summed E-state index contributed by atoms with van der Waals surface area (Å²) in [6, 6.07) is 2.40. The van der Waals surface area contributed by atoms with Gasteiger partial charge in [-0.2, -0.15) is 5.10 Å². The first kappa shape index (κ1) is 7.12. The topological polar surface area (TPSA) is 29.9 Å². The molecule has 1 aromatic rings. The summed E-state index contributed by atoms with van der Waals surface area (Å²) in [5.74, 6) is 0.925. The maximum atomic E-state index is 4.23. The molecule has 0 fully saturated rings. The van der Waals surface area contributed by atoms with Crippen molar-refractivity contribution in [2.45, 2.75) is 19.9 Å². The Morgan fingerprint density at radius 1 is 1.60 bits per heavy atom. The van der Waals surface area contributed by atoms with Gasteiger partial charge in [-0.25, -0.2) is 0 Å². The Balaban J connectivity index is 2.78. The first-order valence-electron chi connectivity index (χ1n) is 3.47. The van der Waals surface area contributed by atoms with Gasteiger partial charge >= 0.3 is 0 Å². The van der Waals surface area contributed by atoms with Gasteiger partial charge in [-0.1, -0.05) is 0 Å². The molecule has 3 heteroatoms. The van der Waals surface area contributed by atoms with Crippen LogP contribution in [0, 0.1) is 0 Å². The van der Waals surface area contributed by atoms with Gasteiger partial charge in [0.1, 0.15) is 5.82 Å². The molecule has 1 rings (SSSR count). The maximum absolute atomic E-state index is 4.23. The van der Waals surface area contributed by atoms with Gasteiger partial charge in [-0.15, -0.1) is 0 Å². The minimum atomic E-state index is 0.446. The quantitative estimate of drug-likeness (QED) is 0.673. The van der Waals surface area contributed by atoms with Crippen LogP contribution in [0.15, 0.2) is 12.3 Å². The summed E-state index contributed by atoms with van der Waals surface area (Å²) in [6.45, 7) is 4.21. The van der Waals surface area contributed by atoms with E-state index in [1.165, 1.54) is 0 Å². The Bertz CT molecular complexity index is 202. The molecule has 0 amide bonds. The number of hydrogen-bond acceptors (Lipinski definition) is 2. The van der Waals surface area contributed by atoms with E-state index in [1.807, 2.05) is 24.0 Å². The number of rotatable bonds is 2. The summed E-state index contributed by atoms with van der Waals surface area (Å²) in [6.07, 6.45) is 1.97. The number of aromatic nitrogens is 2. The average Bonchev–Trinajstić information content (AvgIpc) is 2.34. The summed E-state index contributed by atoms with van der Waals surface area (Å²) in [4.78, 5) is 0. The van der Waals surface area contributed by atoms with Crippen molar-refractivity contribution in [1.29, 1.82) is 0 Å². The van der Waals surface area contributed by atoms with Gasteiger partial charge in [0, 0.05) is 25.4 Å². The van der Waals surface area contributed by atoms with E-state index in [0.29, 0.717) is 6.04 Å². The smallest absolute Gasteiger partial charge is 0.147 e. The minimum absolute atomic E-state index is 0.446. The van der Waals surface area contributed by atoms with E-state index in [0.717, 1.165) is 5.82 Å². The van der Waals surface area contributed by atoms with Crippen molar-refractivity contribution in [2.75, 3.05) is 12.4 Å². The van der Waals surface area contributed by atoms with Crippen molar-refractivity contribution >= 4 is 5.82 Å². The summed E-state index contributed by atoms with van der Waals surface area (Å²) in [5, 5.41) is 7.20. The molecule has 0 spiro atoms. The van der Waals surface area contributed by atoms with Crippen LogP contribution in [-0.4, -0.2) is 16.8 Å². The molecule has 0 radical (unpaired) electrons. The van der Waals surface area contributed by atoms with Crippen molar-refractivity contribution < 1.29 is 0 Å². The monoisotopic (exact) mass is 139 g/mol. The van der Waals surface area contributed by atoms with Gasteiger partial charge in [-0.3, -0.25) is 4.68 Å². The number of hydrogen-bond donors (Lipinski definition) is 1. The Hall–Kier alpha value is -0.990. The van der Waals surface area contributed by atoms with Crippen molar-refractivity contribution in [3.8, 4) is 0 Å². The second kappa shape index (κ2) is 2.73. The Morgan fingerprint density at radius 3 is 2.60 bits per heavy atom. The summed E-state index contributed by atoms with van der Waals surface area (Å²) in [7, 11) is 1.87. The molecule has 1 N–H and O–H groups in total. The Labute approximate surface area is 61.0 Å². The molecule has 0 saturated carbocycles. The molecule has 3 nitrogen and oxygen atoms in total. The Kier molecular flexibility index (Phi) is 1.94. The highest BCUT2D eigenvalue weighted by Crippen LogP contribution is 2.06. The molecule has 1 heterocycles. The van der Waals surface area contributed by atoms with Crippen LogP contribution in [0.1, 0.15) is 19.9 Å². The predicted molar refractivity (Wildman–Crippen MR) is 42.2 cm³/mol. The van der Waals surface area contributed by atoms with Crippen LogP contribution >= 0.6 is 0 Å². The van der Waals surface area contributed by atoms with Gasteiger partial charge in [-0.05, 0) is 13.8 Å². The first-order valence-corrected chi connectivity index (χ1v) is 3.47. The summed E-state index contributed by atoms with van der Waals surface area (Å²) < 4.78 is 1.92. The lowest BCUT2D eigenvalue weighted by atomic mass is 10.4. The third-order valence-corrected chi connectivity index (χ3v) is 1.39. The molecule has 0 unspecified atom stereocenters. The molecule has 0 bridgehead atoms. The maximum Gasteiger partial charge on any atom is 0.147 e. The molecule has 0 aliphatic carbocycles. The van der Waals surface area contributed by atoms with Crippen molar-refractivity contribution in [1.82, 2.24) is 9.78 Å². The molecular formula is C7H13N3. The third-order valence-electron chi connectivity index (χ3n) is 1.39. The zero-order valence-corrected chi connectivity index (χ0v) is 6.63. The van der Waals surface area contributed by atoms with E-state index in [2.05, 4.69) is 24.3 Å². The second-order valence-electron chi connectivity index (χ2n) is 2.52. The SMILES string of the molecule is CNc1ccn(C(C)C)n1. The van der Waals surface area contributed by atoms with Crippen molar-refractivity contribution in [3.05, 3.63) is 12.3 Å². The van der Waals surface area contributed by atoms with Crippen LogP contribution in [0.4, 0.5) is 5.82 Å². The fraction of sp³-hybridized carbons (Fsp3) is 0.571. The van der Waals surface area contributed by atoms with Crippen LogP contribution in [0.3, 0.4) is 0 Å². The number of nitrogens with zero attached hydrogens (tertiary/aromatic N) is 2. The lowest BCUT2D eigenvalue weighted by Gasteiger charge is -2.02. The lowest BCUT2D eigenvalue weighted by molar-refractivity contribution is 0.534. The molecule has 0 aromatic carbocycles. The predicted octanol–water partition coefficient (Wildman–Crippen LogP) is 1.51. The van der Waals surface area contributed by atoms with Gasteiger partial charge in [0.2, 0.25) is 0 Å². The number of nitrogens with one attached hydrogen (secondary N) is 1. The molecule has 56 valence electrons. The second-order valence-corrected chi connectivity index (χ2v) is 2.52.